The quantitative estimate of drug-likeness (QED) is 0.751. The van der Waals surface area contributed by atoms with E-state index < -0.39 is 0 Å². The minimum absolute atomic E-state index is 0.339. The highest BCUT2D eigenvalue weighted by Crippen LogP contribution is 2.22. The third-order valence-electron chi connectivity index (χ3n) is 1.43. The molecule has 0 saturated heterocycles. The Labute approximate surface area is 79.3 Å². The Morgan fingerprint density at radius 1 is 1.67 bits per heavy atom. The maximum atomic E-state index is 10.4. The predicted molar refractivity (Wildman–Crippen MR) is 48.1 cm³/mol. The third-order valence-corrected chi connectivity index (χ3v) is 2.28. The third kappa shape index (κ3) is 1.94. The maximum absolute atomic E-state index is 10.4. The predicted octanol–water partition coefficient (Wildman–Crippen LogP) is 2.45. The van der Waals surface area contributed by atoms with E-state index in [0.717, 1.165) is 12.2 Å². The molecule has 1 aromatic rings. The van der Waals surface area contributed by atoms with Crippen LogP contribution in [-0.2, 0) is 6.42 Å². The van der Waals surface area contributed by atoms with Gasteiger partial charge in [-0.1, -0.05) is 19.0 Å². The number of aldehydes is 1. The fraction of sp³-hybridized carbons (Fsp3) is 0.500. The zero-order valence-electron chi connectivity index (χ0n) is 7.00. The molecule has 1 aromatic heterocycles. The van der Waals surface area contributed by atoms with E-state index in [1.807, 2.05) is 0 Å². The Balaban J connectivity index is 2.86. The van der Waals surface area contributed by atoms with Gasteiger partial charge >= 0.3 is 0 Å². The van der Waals surface area contributed by atoms with Crippen LogP contribution in [0.1, 0.15) is 30.1 Å². The lowest BCUT2D eigenvalue weighted by Gasteiger charge is -1.98. The Kier molecular flexibility index (Phi) is 3.03. The van der Waals surface area contributed by atoms with Crippen LogP contribution >= 0.6 is 15.9 Å². The molecule has 0 aliphatic rings. The second kappa shape index (κ2) is 3.85. The molecule has 0 spiro atoms. The molecule has 0 aliphatic heterocycles. The highest BCUT2D eigenvalue weighted by molar-refractivity contribution is 9.10. The Bertz CT molecular complexity index is 281. The summed E-state index contributed by atoms with van der Waals surface area (Å²) in [7, 11) is 0. The number of rotatable bonds is 3. The minimum atomic E-state index is 0.339. The molecule has 0 radical (unpaired) electrons. The molecular formula is C8H10BrNO2. The van der Waals surface area contributed by atoms with Gasteiger partial charge in [0.1, 0.15) is 0 Å². The van der Waals surface area contributed by atoms with Gasteiger partial charge in [0, 0.05) is 6.42 Å². The first-order chi connectivity index (χ1) is 5.65. The lowest BCUT2D eigenvalue weighted by molar-refractivity contribution is 0.111. The lowest BCUT2D eigenvalue weighted by Crippen LogP contribution is -1.92. The van der Waals surface area contributed by atoms with E-state index in [-0.39, 0.29) is 0 Å². The first-order valence-corrected chi connectivity index (χ1v) is 4.53. The van der Waals surface area contributed by atoms with Crippen molar-refractivity contribution in [3.8, 4) is 0 Å². The molecule has 0 bridgehead atoms. The number of nitrogens with zero attached hydrogens (tertiary/aromatic N) is 1. The normalized spacial score (nSPS) is 10.7. The summed E-state index contributed by atoms with van der Waals surface area (Å²) in [6, 6.07) is 0. The van der Waals surface area contributed by atoms with Crippen molar-refractivity contribution in [2.75, 3.05) is 0 Å². The number of carbonyl (C=O) groups is 1. The van der Waals surface area contributed by atoms with Crippen LogP contribution in [0.25, 0.3) is 0 Å². The molecule has 3 nitrogen and oxygen atoms in total. The first-order valence-electron chi connectivity index (χ1n) is 3.74. The van der Waals surface area contributed by atoms with Crippen LogP contribution in [0, 0.1) is 5.92 Å². The summed E-state index contributed by atoms with van der Waals surface area (Å²) in [6.45, 7) is 4.16. The molecule has 0 saturated carbocycles. The average molecular weight is 232 g/mol. The molecule has 0 fully saturated rings. The monoisotopic (exact) mass is 231 g/mol. The standard InChI is InChI=1S/C8H10BrNO2/c1-5(2)3-7-8(9)6(4-11)10-12-7/h4-5H,3H2,1-2H3. The summed E-state index contributed by atoms with van der Waals surface area (Å²) in [6.07, 6.45) is 1.47. The van der Waals surface area contributed by atoms with Crippen molar-refractivity contribution in [1.82, 2.24) is 5.16 Å². The minimum Gasteiger partial charge on any atom is -0.359 e. The Morgan fingerprint density at radius 3 is 2.75 bits per heavy atom. The Morgan fingerprint density at radius 2 is 2.33 bits per heavy atom. The summed E-state index contributed by atoms with van der Waals surface area (Å²) in [5, 5.41) is 3.60. The highest BCUT2D eigenvalue weighted by atomic mass is 79.9. The van der Waals surface area contributed by atoms with Crippen molar-refractivity contribution in [2.24, 2.45) is 5.92 Å². The van der Waals surface area contributed by atoms with Gasteiger partial charge in [-0.25, -0.2) is 0 Å². The van der Waals surface area contributed by atoms with Crippen molar-refractivity contribution in [3.05, 3.63) is 15.9 Å². The smallest absolute Gasteiger partial charge is 0.173 e. The number of hydrogen-bond donors (Lipinski definition) is 0. The number of hydrogen-bond acceptors (Lipinski definition) is 3. The molecule has 0 atom stereocenters. The van der Waals surface area contributed by atoms with Crippen LogP contribution < -0.4 is 0 Å². The van der Waals surface area contributed by atoms with Gasteiger partial charge in [0.05, 0.1) is 4.47 Å². The van der Waals surface area contributed by atoms with Crippen LogP contribution in [-0.4, -0.2) is 11.4 Å². The van der Waals surface area contributed by atoms with Gasteiger partial charge in [-0.2, -0.15) is 0 Å². The van der Waals surface area contributed by atoms with E-state index in [2.05, 4.69) is 34.9 Å². The van der Waals surface area contributed by atoms with E-state index in [1.165, 1.54) is 0 Å². The SMILES string of the molecule is CC(C)Cc1onc(C=O)c1Br. The second-order valence-corrected chi connectivity index (χ2v) is 3.81. The lowest BCUT2D eigenvalue weighted by atomic mass is 10.1. The summed E-state index contributed by atoms with van der Waals surface area (Å²) >= 11 is 3.25. The van der Waals surface area contributed by atoms with Crippen LogP contribution in [0.2, 0.25) is 0 Å². The van der Waals surface area contributed by atoms with Gasteiger partial charge in [0.15, 0.2) is 17.7 Å². The topological polar surface area (TPSA) is 43.1 Å². The number of carbonyl (C=O) groups excluding carboxylic acids is 1. The molecule has 1 heterocycles. The highest BCUT2D eigenvalue weighted by Gasteiger charge is 2.13. The molecule has 0 amide bonds. The first kappa shape index (κ1) is 9.45. The van der Waals surface area contributed by atoms with E-state index in [0.29, 0.717) is 22.4 Å². The van der Waals surface area contributed by atoms with E-state index >= 15 is 0 Å². The van der Waals surface area contributed by atoms with E-state index in [1.54, 1.807) is 0 Å². The number of aromatic nitrogens is 1. The van der Waals surface area contributed by atoms with Gasteiger partial charge in [-0.05, 0) is 21.8 Å². The van der Waals surface area contributed by atoms with Crippen molar-refractivity contribution in [2.45, 2.75) is 20.3 Å². The molecule has 12 heavy (non-hydrogen) atoms. The zero-order chi connectivity index (χ0) is 9.14. The molecule has 66 valence electrons. The molecule has 0 unspecified atom stereocenters. The molecular weight excluding hydrogens is 222 g/mol. The van der Waals surface area contributed by atoms with Gasteiger partial charge in [-0.15, -0.1) is 0 Å². The largest absolute Gasteiger partial charge is 0.359 e. The molecule has 1 rings (SSSR count). The summed E-state index contributed by atoms with van der Waals surface area (Å²) in [4.78, 5) is 10.4. The van der Waals surface area contributed by atoms with Gasteiger partial charge < -0.3 is 4.52 Å². The van der Waals surface area contributed by atoms with Crippen LogP contribution in [0.5, 0.6) is 0 Å². The van der Waals surface area contributed by atoms with Crippen LogP contribution in [0.3, 0.4) is 0 Å². The summed E-state index contributed by atoms with van der Waals surface area (Å²) in [5.74, 6) is 1.24. The fourth-order valence-corrected chi connectivity index (χ4v) is 1.30. The van der Waals surface area contributed by atoms with E-state index in [9.17, 15) is 4.79 Å². The summed E-state index contributed by atoms with van der Waals surface area (Å²) in [5.41, 5.74) is 0.339. The molecule has 0 aliphatic carbocycles. The van der Waals surface area contributed by atoms with Crippen molar-refractivity contribution in [1.29, 1.82) is 0 Å². The molecule has 0 aromatic carbocycles. The van der Waals surface area contributed by atoms with Crippen molar-refractivity contribution >= 4 is 22.2 Å². The zero-order valence-corrected chi connectivity index (χ0v) is 8.59. The second-order valence-electron chi connectivity index (χ2n) is 3.02. The van der Waals surface area contributed by atoms with Gasteiger partial charge in [0.2, 0.25) is 0 Å². The van der Waals surface area contributed by atoms with Crippen LogP contribution in [0.15, 0.2) is 9.00 Å². The van der Waals surface area contributed by atoms with Crippen LogP contribution in [0.4, 0.5) is 0 Å². The maximum Gasteiger partial charge on any atom is 0.173 e. The molecule has 4 heteroatoms. The summed E-state index contributed by atoms with van der Waals surface area (Å²) < 4.78 is 5.66. The van der Waals surface area contributed by atoms with Gasteiger partial charge in [0.25, 0.3) is 0 Å². The number of halogens is 1. The van der Waals surface area contributed by atoms with Crippen molar-refractivity contribution < 1.29 is 9.32 Å². The van der Waals surface area contributed by atoms with Gasteiger partial charge in [-0.3, -0.25) is 4.79 Å². The molecule has 0 N–H and O–H groups in total. The Hall–Kier alpha value is -0.640. The van der Waals surface area contributed by atoms with E-state index in [4.69, 9.17) is 4.52 Å². The van der Waals surface area contributed by atoms with Crippen molar-refractivity contribution in [3.63, 3.8) is 0 Å². The fourth-order valence-electron chi connectivity index (χ4n) is 0.898. The average Bonchev–Trinajstić information content (AvgIpc) is 2.32.